The molecule has 2 atom stereocenters. The van der Waals surface area contributed by atoms with Gasteiger partial charge in [-0.05, 0) is 25.7 Å². The van der Waals surface area contributed by atoms with E-state index in [0.717, 1.165) is 12.1 Å². The van der Waals surface area contributed by atoms with Crippen LogP contribution in [-0.2, 0) is 0 Å². The molecular weight excluding hydrogens is 194 g/mol. The van der Waals surface area contributed by atoms with Crippen molar-refractivity contribution in [2.24, 2.45) is 0 Å². The lowest BCUT2D eigenvalue weighted by molar-refractivity contribution is 0.461. The predicted molar refractivity (Wildman–Crippen MR) is 72.8 cm³/mol. The van der Waals surface area contributed by atoms with Crippen LogP contribution in [0.2, 0.25) is 0 Å². The van der Waals surface area contributed by atoms with Gasteiger partial charge in [0.25, 0.3) is 0 Å². The Morgan fingerprint density at radius 3 is 1.94 bits per heavy atom. The van der Waals surface area contributed by atoms with Gasteiger partial charge in [0.05, 0.1) is 0 Å². The van der Waals surface area contributed by atoms with Gasteiger partial charge in [0.15, 0.2) is 0 Å². The lowest BCUT2D eigenvalue weighted by atomic mass is 10.0. The number of nitrogens with one attached hydrogen (secondary N) is 1. The van der Waals surface area contributed by atoms with E-state index in [2.05, 4.69) is 19.2 Å². The summed E-state index contributed by atoms with van der Waals surface area (Å²) in [6.45, 7) is 4.58. The second-order valence-electron chi connectivity index (χ2n) is 5.48. The smallest absolute Gasteiger partial charge is 0.00702 e. The molecule has 96 valence electrons. The van der Waals surface area contributed by atoms with Crippen LogP contribution in [0.3, 0.4) is 0 Å². The van der Waals surface area contributed by atoms with Crippen LogP contribution in [-0.4, -0.2) is 12.1 Å². The maximum absolute atomic E-state index is 3.82. The van der Waals surface area contributed by atoms with Crippen molar-refractivity contribution in [1.29, 1.82) is 0 Å². The third kappa shape index (κ3) is 5.89. The van der Waals surface area contributed by atoms with Gasteiger partial charge in [-0.2, -0.15) is 0 Å². The molecule has 0 unspecified atom stereocenters. The summed E-state index contributed by atoms with van der Waals surface area (Å²) in [5, 5.41) is 3.82. The van der Waals surface area contributed by atoms with Gasteiger partial charge in [-0.3, -0.25) is 0 Å². The molecule has 0 bridgehead atoms. The Labute approximate surface area is 102 Å². The lowest BCUT2D eigenvalue weighted by Crippen LogP contribution is -2.29. The fourth-order valence-electron chi connectivity index (χ4n) is 2.80. The topological polar surface area (TPSA) is 12.0 Å². The maximum Gasteiger partial charge on any atom is 0.00702 e. The molecule has 0 radical (unpaired) electrons. The zero-order valence-electron chi connectivity index (χ0n) is 11.4. The SMILES string of the molecule is CCCCCCC[C@@H]1CC[C@H](CCCC)N1. The van der Waals surface area contributed by atoms with Crippen molar-refractivity contribution in [3.8, 4) is 0 Å². The Morgan fingerprint density at radius 2 is 1.31 bits per heavy atom. The average molecular weight is 225 g/mol. The summed E-state index contributed by atoms with van der Waals surface area (Å²) in [5.41, 5.74) is 0. The summed E-state index contributed by atoms with van der Waals surface area (Å²) in [4.78, 5) is 0. The van der Waals surface area contributed by atoms with Crippen molar-refractivity contribution in [2.75, 3.05) is 0 Å². The van der Waals surface area contributed by atoms with Gasteiger partial charge in [-0.1, -0.05) is 58.8 Å². The van der Waals surface area contributed by atoms with Crippen LogP contribution in [0.4, 0.5) is 0 Å². The third-order valence-corrected chi connectivity index (χ3v) is 3.90. The van der Waals surface area contributed by atoms with Gasteiger partial charge in [-0.15, -0.1) is 0 Å². The fourth-order valence-corrected chi connectivity index (χ4v) is 2.80. The number of hydrogen-bond donors (Lipinski definition) is 1. The summed E-state index contributed by atoms with van der Waals surface area (Å²) in [6, 6.07) is 1.70. The Hall–Kier alpha value is -0.0400. The molecule has 0 saturated carbocycles. The van der Waals surface area contributed by atoms with E-state index >= 15 is 0 Å². The van der Waals surface area contributed by atoms with Crippen LogP contribution < -0.4 is 5.32 Å². The van der Waals surface area contributed by atoms with Crippen LogP contribution in [0.15, 0.2) is 0 Å². The van der Waals surface area contributed by atoms with Crippen LogP contribution in [0.1, 0.15) is 84.5 Å². The molecule has 1 N–H and O–H groups in total. The van der Waals surface area contributed by atoms with E-state index in [-0.39, 0.29) is 0 Å². The largest absolute Gasteiger partial charge is 0.311 e. The van der Waals surface area contributed by atoms with Gasteiger partial charge in [-0.25, -0.2) is 0 Å². The molecule has 1 aliphatic rings. The first-order chi connectivity index (χ1) is 7.86. The van der Waals surface area contributed by atoms with Crippen molar-refractivity contribution in [3.63, 3.8) is 0 Å². The minimum Gasteiger partial charge on any atom is -0.311 e. The highest BCUT2D eigenvalue weighted by Gasteiger charge is 2.22. The minimum atomic E-state index is 0.848. The summed E-state index contributed by atoms with van der Waals surface area (Å²) in [7, 11) is 0. The molecule has 0 aromatic carbocycles. The quantitative estimate of drug-likeness (QED) is 0.563. The molecular formula is C15H31N. The first kappa shape index (κ1) is 14.0. The zero-order chi connectivity index (χ0) is 11.6. The van der Waals surface area contributed by atoms with E-state index in [1.165, 1.54) is 70.6 Å². The Kier molecular flexibility index (Phi) is 7.92. The van der Waals surface area contributed by atoms with E-state index in [1.54, 1.807) is 0 Å². The first-order valence-electron chi connectivity index (χ1n) is 7.62. The molecule has 1 aliphatic heterocycles. The molecule has 16 heavy (non-hydrogen) atoms. The Morgan fingerprint density at radius 1 is 0.750 bits per heavy atom. The van der Waals surface area contributed by atoms with Crippen LogP contribution in [0.5, 0.6) is 0 Å². The summed E-state index contributed by atoms with van der Waals surface area (Å²) in [5.74, 6) is 0. The normalized spacial score (nSPS) is 25.1. The third-order valence-electron chi connectivity index (χ3n) is 3.90. The predicted octanol–water partition coefficient (Wildman–Crippen LogP) is 4.66. The van der Waals surface area contributed by atoms with Crippen molar-refractivity contribution < 1.29 is 0 Å². The van der Waals surface area contributed by atoms with E-state index in [4.69, 9.17) is 0 Å². The number of rotatable bonds is 9. The van der Waals surface area contributed by atoms with Gasteiger partial charge < -0.3 is 5.32 Å². The summed E-state index contributed by atoms with van der Waals surface area (Å²) < 4.78 is 0. The van der Waals surface area contributed by atoms with E-state index in [9.17, 15) is 0 Å². The Bertz CT molecular complexity index is 156. The molecule has 0 aliphatic carbocycles. The van der Waals surface area contributed by atoms with Gasteiger partial charge in [0.1, 0.15) is 0 Å². The zero-order valence-corrected chi connectivity index (χ0v) is 11.4. The molecule has 0 aromatic heterocycles. The standard InChI is InChI=1S/C15H31N/c1-3-5-7-8-9-11-15-13-12-14(16-15)10-6-4-2/h14-16H,3-13H2,1-2H3/t14-,15+/m0/s1. The monoisotopic (exact) mass is 225 g/mol. The fraction of sp³-hybridized carbons (Fsp3) is 1.00. The molecule has 1 fully saturated rings. The van der Waals surface area contributed by atoms with Gasteiger partial charge in [0, 0.05) is 12.1 Å². The maximum atomic E-state index is 3.82. The molecule has 0 amide bonds. The summed E-state index contributed by atoms with van der Waals surface area (Å²) in [6.07, 6.45) is 15.6. The van der Waals surface area contributed by atoms with Crippen molar-refractivity contribution in [3.05, 3.63) is 0 Å². The van der Waals surface area contributed by atoms with Crippen molar-refractivity contribution in [2.45, 2.75) is 96.6 Å². The molecule has 0 spiro atoms. The number of unbranched alkanes of at least 4 members (excludes halogenated alkanes) is 5. The highest BCUT2D eigenvalue weighted by molar-refractivity contribution is 4.83. The Balaban J connectivity index is 1.94. The first-order valence-corrected chi connectivity index (χ1v) is 7.62. The highest BCUT2D eigenvalue weighted by Crippen LogP contribution is 2.21. The van der Waals surface area contributed by atoms with Crippen LogP contribution in [0, 0.1) is 0 Å². The van der Waals surface area contributed by atoms with E-state index in [0.29, 0.717) is 0 Å². The lowest BCUT2D eigenvalue weighted by Gasteiger charge is -2.13. The average Bonchev–Trinajstić information content (AvgIpc) is 2.74. The second kappa shape index (κ2) is 9.04. The molecule has 1 rings (SSSR count). The van der Waals surface area contributed by atoms with Gasteiger partial charge in [0.2, 0.25) is 0 Å². The molecule has 1 heterocycles. The molecule has 1 saturated heterocycles. The molecule has 0 aromatic rings. The van der Waals surface area contributed by atoms with Crippen LogP contribution in [0.25, 0.3) is 0 Å². The van der Waals surface area contributed by atoms with Crippen LogP contribution >= 0.6 is 0 Å². The minimum absolute atomic E-state index is 0.848. The van der Waals surface area contributed by atoms with E-state index < -0.39 is 0 Å². The van der Waals surface area contributed by atoms with Gasteiger partial charge >= 0.3 is 0 Å². The summed E-state index contributed by atoms with van der Waals surface area (Å²) >= 11 is 0. The molecule has 1 heteroatoms. The highest BCUT2D eigenvalue weighted by atomic mass is 15.0. The van der Waals surface area contributed by atoms with Crippen molar-refractivity contribution in [1.82, 2.24) is 5.32 Å². The molecule has 1 nitrogen and oxygen atoms in total. The van der Waals surface area contributed by atoms with E-state index in [1.807, 2.05) is 0 Å². The van der Waals surface area contributed by atoms with Crippen molar-refractivity contribution >= 4 is 0 Å². The number of hydrogen-bond acceptors (Lipinski definition) is 1. The second-order valence-corrected chi connectivity index (χ2v) is 5.48.